The number of pyridine rings is 1. The fraction of sp³-hybridized carbons (Fsp3) is 0.500. The first-order valence-electron chi connectivity index (χ1n) is 5.38. The van der Waals surface area contributed by atoms with Gasteiger partial charge < -0.3 is 10.6 Å². The molecule has 2 N–H and O–H groups in total. The van der Waals surface area contributed by atoms with Crippen molar-refractivity contribution in [3.8, 4) is 0 Å². The van der Waals surface area contributed by atoms with Crippen molar-refractivity contribution < 1.29 is 13.2 Å². The highest BCUT2D eigenvalue weighted by atomic mass is 35.5. The van der Waals surface area contributed by atoms with Gasteiger partial charge in [0, 0.05) is 18.8 Å². The zero-order valence-electron chi connectivity index (χ0n) is 9.94. The van der Waals surface area contributed by atoms with Crippen molar-refractivity contribution in [2.45, 2.75) is 12.4 Å². The summed E-state index contributed by atoms with van der Waals surface area (Å²) in [7, 11) is 0. The number of hydrogen-bond acceptors (Lipinski definition) is 4. The van der Waals surface area contributed by atoms with Gasteiger partial charge in [0.2, 0.25) is 0 Å². The second kappa shape index (κ2) is 7.31. The van der Waals surface area contributed by atoms with Crippen molar-refractivity contribution in [3.63, 3.8) is 0 Å². The lowest BCUT2D eigenvalue weighted by Gasteiger charge is -2.12. The molecule has 0 aliphatic heterocycles. The van der Waals surface area contributed by atoms with Gasteiger partial charge in [0.15, 0.2) is 0 Å². The molecule has 0 radical (unpaired) electrons. The number of rotatable bonds is 6. The van der Waals surface area contributed by atoms with E-state index < -0.39 is 5.51 Å². The molecule has 0 aromatic carbocycles. The van der Waals surface area contributed by atoms with E-state index in [4.69, 9.17) is 23.2 Å². The number of alkyl halides is 3. The maximum atomic E-state index is 11.9. The topological polar surface area (TPSA) is 37.0 Å². The Morgan fingerprint density at radius 3 is 2.32 bits per heavy atom. The number of hydrogen-bond donors (Lipinski definition) is 2. The van der Waals surface area contributed by atoms with Gasteiger partial charge >= 0.3 is 5.51 Å². The van der Waals surface area contributed by atoms with Crippen LogP contribution < -0.4 is 10.6 Å². The Morgan fingerprint density at radius 1 is 1.21 bits per heavy atom. The quantitative estimate of drug-likeness (QED) is 0.752. The lowest BCUT2D eigenvalue weighted by molar-refractivity contribution is -0.0327. The summed E-state index contributed by atoms with van der Waals surface area (Å²) in [5, 5.41) is 6.31. The third-order valence-electron chi connectivity index (χ3n) is 1.93. The van der Waals surface area contributed by atoms with E-state index in [1.807, 2.05) is 6.92 Å². The van der Waals surface area contributed by atoms with E-state index in [1.165, 1.54) is 6.07 Å². The smallest absolute Gasteiger partial charge is 0.369 e. The van der Waals surface area contributed by atoms with Crippen LogP contribution in [0.15, 0.2) is 6.07 Å². The molecule has 0 amide bonds. The molecule has 1 rings (SSSR count). The first-order chi connectivity index (χ1) is 8.83. The molecule has 0 saturated heterocycles. The summed E-state index contributed by atoms with van der Waals surface area (Å²) in [5.41, 5.74) is -4.23. The zero-order chi connectivity index (χ0) is 14.5. The fourth-order valence-electron chi connectivity index (χ4n) is 1.22. The van der Waals surface area contributed by atoms with Gasteiger partial charge in [-0.2, -0.15) is 13.2 Å². The Bertz CT molecular complexity index is 429. The molecule has 1 aromatic rings. The number of thioether (sulfide) groups is 1. The van der Waals surface area contributed by atoms with Crippen LogP contribution in [-0.4, -0.2) is 29.3 Å². The van der Waals surface area contributed by atoms with Crippen LogP contribution in [0.4, 0.5) is 24.8 Å². The third kappa shape index (κ3) is 5.97. The van der Waals surface area contributed by atoms with E-state index in [1.54, 1.807) is 0 Å². The third-order valence-corrected chi connectivity index (χ3v) is 3.25. The highest BCUT2D eigenvalue weighted by molar-refractivity contribution is 8.00. The molecule has 1 heterocycles. The van der Waals surface area contributed by atoms with Crippen molar-refractivity contribution in [2.75, 3.05) is 29.5 Å². The van der Waals surface area contributed by atoms with Gasteiger partial charge in [-0.3, -0.25) is 0 Å². The van der Waals surface area contributed by atoms with Gasteiger partial charge in [0.1, 0.15) is 11.6 Å². The van der Waals surface area contributed by atoms with Crippen LogP contribution in [0.5, 0.6) is 0 Å². The minimum atomic E-state index is -4.23. The predicted octanol–water partition coefficient (Wildman–Crippen LogP) is 4.49. The summed E-state index contributed by atoms with van der Waals surface area (Å²) in [4.78, 5) is 4.12. The molecular formula is C10H12Cl2F3N3S. The summed E-state index contributed by atoms with van der Waals surface area (Å²) >= 11 is 11.7. The van der Waals surface area contributed by atoms with E-state index in [9.17, 15) is 13.2 Å². The average Bonchev–Trinajstić information content (AvgIpc) is 2.28. The van der Waals surface area contributed by atoms with Crippen LogP contribution in [0.3, 0.4) is 0 Å². The highest BCUT2D eigenvalue weighted by Crippen LogP contribution is 2.31. The number of anilines is 2. The molecule has 0 bridgehead atoms. The van der Waals surface area contributed by atoms with Crippen molar-refractivity contribution >= 4 is 46.6 Å². The largest absolute Gasteiger partial charge is 0.441 e. The summed E-state index contributed by atoms with van der Waals surface area (Å²) in [6.45, 7) is 2.60. The molecule has 0 saturated carbocycles. The Balaban J connectivity index is 2.60. The molecule has 3 nitrogen and oxygen atoms in total. The maximum absolute atomic E-state index is 11.9. The van der Waals surface area contributed by atoms with Crippen LogP contribution in [-0.2, 0) is 0 Å². The molecule has 0 spiro atoms. The van der Waals surface area contributed by atoms with E-state index in [0.29, 0.717) is 23.2 Å². The average molecular weight is 334 g/mol. The van der Waals surface area contributed by atoms with Crippen molar-refractivity contribution in [2.24, 2.45) is 0 Å². The van der Waals surface area contributed by atoms with E-state index in [2.05, 4.69) is 15.6 Å². The molecule has 0 fully saturated rings. The Kier molecular flexibility index (Phi) is 6.35. The van der Waals surface area contributed by atoms with Crippen LogP contribution in [0, 0.1) is 0 Å². The standard InChI is InChI=1S/C10H12Cl2F3N3S/c1-2-16-8-6(11)5-7(12)9(18-8)17-3-4-19-10(13,14)15/h5H,2-4H2,1H3,(H2,16,17,18). The van der Waals surface area contributed by atoms with Gasteiger partial charge in [0.25, 0.3) is 0 Å². The van der Waals surface area contributed by atoms with Crippen molar-refractivity contribution in [1.82, 2.24) is 4.98 Å². The Labute approximate surface area is 123 Å². The van der Waals surface area contributed by atoms with Crippen LogP contribution in [0.25, 0.3) is 0 Å². The van der Waals surface area contributed by atoms with Crippen LogP contribution in [0.2, 0.25) is 10.0 Å². The molecule has 108 valence electrons. The van der Waals surface area contributed by atoms with Crippen molar-refractivity contribution in [3.05, 3.63) is 16.1 Å². The number of nitrogens with zero attached hydrogens (tertiary/aromatic N) is 1. The van der Waals surface area contributed by atoms with Crippen LogP contribution in [0.1, 0.15) is 6.92 Å². The molecule has 0 atom stereocenters. The second-order valence-electron chi connectivity index (χ2n) is 3.40. The molecule has 19 heavy (non-hydrogen) atoms. The van der Waals surface area contributed by atoms with Crippen LogP contribution >= 0.6 is 35.0 Å². The molecule has 0 aliphatic carbocycles. The molecule has 9 heteroatoms. The normalized spacial score (nSPS) is 11.5. The lowest BCUT2D eigenvalue weighted by atomic mass is 10.4. The summed E-state index contributed by atoms with van der Waals surface area (Å²) in [5.74, 6) is 0.630. The summed E-state index contributed by atoms with van der Waals surface area (Å²) < 4.78 is 35.8. The van der Waals surface area contributed by atoms with E-state index >= 15 is 0 Å². The SMILES string of the molecule is CCNc1nc(NCCSC(F)(F)F)c(Cl)cc1Cl. The van der Waals surface area contributed by atoms with Gasteiger partial charge in [-0.25, -0.2) is 4.98 Å². The molecular weight excluding hydrogens is 322 g/mol. The maximum Gasteiger partial charge on any atom is 0.441 e. The minimum absolute atomic E-state index is 0.0988. The monoisotopic (exact) mass is 333 g/mol. The van der Waals surface area contributed by atoms with Gasteiger partial charge in [-0.1, -0.05) is 23.2 Å². The lowest BCUT2D eigenvalue weighted by Crippen LogP contribution is -2.11. The van der Waals surface area contributed by atoms with E-state index in [0.717, 1.165) is 0 Å². The van der Waals surface area contributed by atoms with Gasteiger partial charge in [-0.05, 0) is 24.8 Å². The van der Waals surface area contributed by atoms with Gasteiger partial charge in [-0.15, -0.1) is 0 Å². The van der Waals surface area contributed by atoms with Crippen molar-refractivity contribution in [1.29, 1.82) is 0 Å². The highest BCUT2D eigenvalue weighted by Gasteiger charge is 2.27. The summed E-state index contributed by atoms with van der Waals surface area (Å²) in [6.07, 6.45) is 0. The van der Waals surface area contributed by atoms with Gasteiger partial charge in [0.05, 0.1) is 10.0 Å². The predicted molar refractivity (Wildman–Crippen MR) is 75.4 cm³/mol. The first kappa shape index (κ1) is 16.5. The number of aromatic nitrogens is 1. The van der Waals surface area contributed by atoms with E-state index in [-0.39, 0.29) is 29.1 Å². The number of halogens is 5. The zero-order valence-corrected chi connectivity index (χ0v) is 12.3. The second-order valence-corrected chi connectivity index (χ2v) is 5.37. The summed E-state index contributed by atoms with van der Waals surface area (Å²) in [6, 6.07) is 1.49. The number of nitrogens with one attached hydrogen (secondary N) is 2. The Hall–Kier alpha value is -0.530. The first-order valence-corrected chi connectivity index (χ1v) is 7.12. The molecule has 0 unspecified atom stereocenters. The Morgan fingerprint density at radius 2 is 1.79 bits per heavy atom. The molecule has 1 aromatic heterocycles. The molecule has 0 aliphatic rings. The fourth-order valence-corrected chi connectivity index (χ4v) is 2.15. The minimum Gasteiger partial charge on any atom is -0.369 e.